The van der Waals surface area contributed by atoms with Crippen LogP contribution in [0.2, 0.25) is 10.0 Å². The predicted octanol–water partition coefficient (Wildman–Crippen LogP) is 5.04. The normalized spacial score (nSPS) is 23.0. The Kier molecular flexibility index (Phi) is 5.22. The molecule has 8 heteroatoms. The summed E-state index contributed by atoms with van der Waals surface area (Å²) < 4.78 is 5.61. The first-order valence-corrected chi connectivity index (χ1v) is 11.2. The summed E-state index contributed by atoms with van der Waals surface area (Å²) in [6.45, 7) is 1.89. The van der Waals surface area contributed by atoms with Gasteiger partial charge in [0.15, 0.2) is 6.61 Å². The number of carbonyl (C=O) groups excluding carboxylic acids is 1. The number of carbonyl (C=O) groups is 1. The van der Waals surface area contributed by atoms with E-state index < -0.39 is 0 Å². The number of nitrogens with zero attached hydrogens (tertiary/aromatic N) is 2. The molecule has 0 spiro atoms. The molecular weight excluding hydrogens is 447 g/mol. The molecule has 0 saturated heterocycles. The van der Waals surface area contributed by atoms with E-state index in [0.717, 1.165) is 41.9 Å². The third kappa shape index (κ3) is 4.12. The van der Waals surface area contributed by atoms with Gasteiger partial charge in [-0.05, 0) is 62.1 Å². The first-order valence-electron chi connectivity index (χ1n) is 10.4. The van der Waals surface area contributed by atoms with E-state index in [-0.39, 0.29) is 23.6 Å². The third-order valence-corrected chi connectivity index (χ3v) is 6.78. The standard InChI is InChI=1S/C24H22Cl2N4O2/c1-15-8-18(6-7-19(15)26)32-11-22(31)30-24-12-23(13-24,14-24)29-21-10-27-9-20(28-21)16-2-4-17(25)5-3-16/h2-10H,11-14H2,1H3,(H,28,29)(H,30,31). The van der Waals surface area contributed by atoms with E-state index >= 15 is 0 Å². The molecule has 3 saturated carbocycles. The number of benzene rings is 2. The van der Waals surface area contributed by atoms with Crippen LogP contribution in [0.5, 0.6) is 5.75 Å². The lowest BCUT2D eigenvalue weighted by Crippen LogP contribution is -2.81. The largest absolute Gasteiger partial charge is 0.484 e. The molecule has 2 aromatic carbocycles. The number of ether oxygens (including phenoxy) is 1. The molecule has 0 radical (unpaired) electrons. The lowest BCUT2D eigenvalue weighted by atomic mass is 9.44. The van der Waals surface area contributed by atoms with Crippen LogP contribution in [0.15, 0.2) is 54.9 Å². The Hall–Kier alpha value is -2.83. The Labute approximate surface area is 196 Å². The highest BCUT2D eigenvalue weighted by atomic mass is 35.5. The van der Waals surface area contributed by atoms with Crippen molar-refractivity contribution in [3.63, 3.8) is 0 Å². The van der Waals surface area contributed by atoms with Gasteiger partial charge in [-0.3, -0.25) is 9.78 Å². The molecule has 32 heavy (non-hydrogen) atoms. The zero-order chi connectivity index (χ0) is 22.3. The number of hydrogen-bond acceptors (Lipinski definition) is 5. The molecule has 3 fully saturated rings. The van der Waals surface area contributed by atoms with E-state index in [4.69, 9.17) is 32.9 Å². The lowest BCUT2D eigenvalue weighted by molar-refractivity contribution is -0.135. The second-order valence-corrected chi connectivity index (χ2v) is 9.60. The predicted molar refractivity (Wildman–Crippen MR) is 125 cm³/mol. The number of anilines is 1. The van der Waals surface area contributed by atoms with Crippen molar-refractivity contribution >= 4 is 34.9 Å². The van der Waals surface area contributed by atoms with E-state index in [1.54, 1.807) is 24.5 Å². The Balaban J connectivity index is 1.13. The molecule has 2 N–H and O–H groups in total. The number of nitrogens with one attached hydrogen (secondary N) is 2. The van der Waals surface area contributed by atoms with Gasteiger partial charge in [0.2, 0.25) is 0 Å². The minimum absolute atomic E-state index is 0.0160. The van der Waals surface area contributed by atoms with Crippen molar-refractivity contribution in [3.8, 4) is 17.0 Å². The van der Waals surface area contributed by atoms with Gasteiger partial charge in [0, 0.05) is 26.7 Å². The van der Waals surface area contributed by atoms with Gasteiger partial charge in [0.1, 0.15) is 11.6 Å². The van der Waals surface area contributed by atoms with Crippen LogP contribution in [0.1, 0.15) is 24.8 Å². The highest BCUT2D eigenvalue weighted by molar-refractivity contribution is 6.31. The zero-order valence-corrected chi connectivity index (χ0v) is 19.0. The summed E-state index contributed by atoms with van der Waals surface area (Å²) in [7, 11) is 0. The number of rotatable bonds is 7. The number of halogens is 2. The molecule has 1 heterocycles. The third-order valence-electron chi connectivity index (χ3n) is 6.10. The van der Waals surface area contributed by atoms with Gasteiger partial charge in [0.05, 0.1) is 18.1 Å². The molecule has 2 bridgehead atoms. The second-order valence-electron chi connectivity index (χ2n) is 8.76. The van der Waals surface area contributed by atoms with Crippen molar-refractivity contribution in [1.29, 1.82) is 0 Å². The summed E-state index contributed by atoms with van der Waals surface area (Å²) in [4.78, 5) is 21.4. The van der Waals surface area contributed by atoms with Crippen molar-refractivity contribution in [3.05, 3.63) is 70.5 Å². The summed E-state index contributed by atoms with van der Waals surface area (Å²) in [6.07, 6.45) is 6.04. The van der Waals surface area contributed by atoms with E-state index in [9.17, 15) is 4.79 Å². The van der Waals surface area contributed by atoms with Gasteiger partial charge in [-0.2, -0.15) is 0 Å². The van der Waals surface area contributed by atoms with E-state index in [2.05, 4.69) is 15.6 Å². The Morgan fingerprint density at radius 1 is 1.06 bits per heavy atom. The first-order chi connectivity index (χ1) is 15.3. The molecule has 3 aliphatic rings. The van der Waals surface area contributed by atoms with Crippen LogP contribution in [-0.2, 0) is 4.79 Å². The topological polar surface area (TPSA) is 76.1 Å². The quantitative estimate of drug-likeness (QED) is 0.507. The summed E-state index contributed by atoms with van der Waals surface area (Å²) in [5.74, 6) is 1.26. The maximum absolute atomic E-state index is 12.4. The smallest absolute Gasteiger partial charge is 0.258 e. The average molecular weight is 469 g/mol. The molecule has 1 aromatic heterocycles. The first kappa shape index (κ1) is 21.0. The summed E-state index contributed by atoms with van der Waals surface area (Å²) in [5, 5.41) is 8.01. The minimum Gasteiger partial charge on any atom is -0.484 e. The van der Waals surface area contributed by atoms with Gasteiger partial charge in [-0.25, -0.2) is 4.98 Å². The van der Waals surface area contributed by atoms with Crippen molar-refractivity contribution in [2.45, 2.75) is 37.3 Å². The van der Waals surface area contributed by atoms with Gasteiger partial charge in [-0.1, -0.05) is 35.3 Å². The van der Waals surface area contributed by atoms with Gasteiger partial charge < -0.3 is 15.4 Å². The fraction of sp³-hybridized carbons (Fsp3) is 0.292. The zero-order valence-electron chi connectivity index (χ0n) is 17.5. The number of hydrogen-bond donors (Lipinski definition) is 2. The average Bonchev–Trinajstić information content (AvgIpc) is 2.73. The molecule has 1 amide bonds. The van der Waals surface area contributed by atoms with Crippen LogP contribution >= 0.6 is 23.2 Å². The highest BCUT2D eigenvalue weighted by Gasteiger charge is 2.68. The van der Waals surface area contributed by atoms with Gasteiger partial charge in [-0.15, -0.1) is 0 Å². The molecule has 0 unspecified atom stereocenters. The summed E-state index contributed by atoms with van der Waals surface area (Å²) in [5.41, 5.74) is 2.48. The monoisotopic (exact) mass is 468 g/mol. The van der Waals surface area contributed by atoms with E-state index in [1.807, 2.05) is 37.3 Å². The second kappa shape index (κ2) is 7.94. The van der Waals surface area contributed by atoms with Crippen LogP contribution in [0, 0.1) is 6.92 Å². The van der Waals surface area contributed by atoms with Crippen LogP contribution in [-0.4, -0.2) is 33.6 Å². The molecule has 164 valence electrons. The van der Waals surface area contributed by atoms with Crippen LogP contribution < -0.4 is 15.4 Å². The van der Waals surface area contributed by atoms with Crippen LogP contribution in [0.4, 0.5) is 5.82 Å². The molecule has 0 aliphatic heterocycles. The number of amides is 1. The fourth-order valence-electron chi connectivity index (χ4n) is 4.70. The Morgan fingerprint density at radius 3 is 2.53 bits per heavy atom. The minimum atomic E-state index is -0.148. The van der Waals surface area contributed by atoms with Gasteiger partial charge >= 0.3 is 0 Å². The molecule has 0 atom stereocenters. The lowest BCUT2D eigenvalue weighted by Gasteiger charge is -2.70. The Morgan fingerprint density at radius 2 is 1.81 bits per heavy atom. The van der Waals surface area contributed by atoms with Crippen LogP contribution in [0.3, 0.4) is 0 Å². The molecular formula is C24H22Cl2N4O2. The maximum atomic E-state index is 12.4. The van der Waals surface area contributed by atoms with Crippen molar-refractivity contribution < 1.29 is 9.53 Å². The molecule has 6 rings (SSSR count). The van der Waals surface area contributed by atoms with Crippen molar-refractivity contribution in [2.24, 2.45) is 0 Å². The molecule has 3 aromatic rings. The maximum Gasteiger partial charge on any atom is 0.258 e. The SMILES string of the molecule is Cc1cc(OCC(=O)NC23CC(Nc4cncc(-c5ccc(Cl)cc5)n4)(C2)C3)ccc1Cl. The number of aromatic nitrogens is 2. The number of aryl methyl sites for hydroxylation is 1. The van der Waals surface area contributed by atoms with Crippen molar-refractivity contribution in [1.82, 2.24) is 15.3 Å². The summed E-state index contributed by atoms with van der Waals surface area (Å²) in [6, 6.07) is 12.9. The fourth-order valence-corrected chi connectivity index (χ4v) is 4.94. The molecule has 6 nitrogen and oxygen atoms in total. The highest BCUT2D eigenvalue weighted by Crippen LogP contribution is 2.61. The van der Waals surface area contributed by atoms with E-state index in [0.29, 0.717) is 15.8 Å². The molecule has 3 aliphatic carbocycles. The van der Waals surface area contributed by atoms with Crippen LogP contribution in [0.25, 0.3) is 11.3 Å². The van der Waals surface area contributed by atoms with E-state index in [1.165, 1.54) is 0 Å². The van der Waals surface area contributed by atoms with Gasteiger partial charge in [0.25, 0.3) is 5.91 Å². The Bertz CT molecular complexity index is 1160. The van der Waals surface area contributed by atoms with Crippen molar-refractivity contribution in [2.75, 3.05) is 11.9 Å². The summed E-state index contributed by atoms with van der Waals surface area (Å²) >= 11 is 12.0.